The average Bonchev–Trinajstić information content (AvgIpc) is 2.41. The van der Waals surface area contributed by atoms with E-state index in [4.69, 9.17) is 9.47 Å². The zero-order valence-electron chi connectivity index (χ0n) is 17.2. The molecule has 0 N–H and O–H groups in total. The first-order valence-corrected chi connectivity index (χ1v) is 8.76. The average molecular weight is 361 g/mol. The molecule has 144 valence electrons. The van der Waals surface area contributed by atoms with Gasteiger partial charge in [-0.25, -0.2) is 14.5 Å². The molecule has 1 rings (SSSR count). The molecule has 0 radical (unpaired) electrons. The zero-order valence-corrected chi connectivity index (χ0v) is 17.2. The number of hydrogen-bond donors (Lipinski definition) is 0. The van der Waals surface area contributed by atoms with Gasteiger partial charge in [0.2, 0.25) is 0 Å². The van der Waals surface area contributed by atoms with Crippen LogP contribution in [0, 0.1) is 13.8 Å². The van der Waals surface area contributed by atoms with Gasteiger partial charge in [-0.1, -0.05) is 35.9 Å². The summed E-state index contributed by atoms with van der Waals surface area (Å²) in [5.74, 6) is 0. The first-order valence-electron chi connectivity index (χ1n) is 8.76. The fraction of sp³-hybridized carbons (Fsp3) is 0.524. The highest BCUT2D eigenvalue weighted by Crippen LogP contribution is 2.16. The normalized spacial score (nSPS) is 12.2. The highest BCUT2D eigenvalue weighted by molar-refractivity contribution is 5.88. The van der Waals surface area contributed by atoms with Gasteiger partial charge in [0.05, 0.1) is 6.54 Å². The van der Waals surface area contributed by atoms with Crippen molar-refractivity contribution in [3.63, 3.8) is 0 Å². The van der Waals surface area contributed by atoms with Crippen LogP contribution >= 0.6 is 0 Å². The number of imide groups is 1. The monoisotopic (exact) mass is 361 g/mol. The molecule has 1 aromatic carbocycles. The maximum Gasteiger partial charge on any atom is 0.420 e. The predicted molar refractivity (Wildman–Crippen MR) is 104 cm³/mol. The molecule has 0 aromatic heterocycles. The summed E-state index contributed by atoms with van der Waals surface area (Å²) >= 11 is 0. The molecule has 0 aliphatic rings. The third kappa shape index (κ3) is 7.72. The van der Waals surface area contributed by atoms with Crippen molar-refractivity contribution < 1.29 is 19.1 Å². The number of amides is 2. The first-order chi connectivity index (χ1) is 11.8. The van der Waals surface area contributed by atoms with Gasteiger partial charge < -0.3 is 9.47 Å². The molecular formula is C21H31NO4. The van der Waals surface area contributed by atoms with E-state index in [9.17, 15) is 9.59 Å². The van der Waals surface area contributed by atoms with Crippen LogP contribution in [-0.2, 0) is 9.47 Å². The Hall–Kier alpha value is -2.30. The SMILES string of the molecule is Cc1ccc(/C=C/CN(C(=O)OC(C)(C)C)C(=O)OC(C)(C)C)c(C)c1. The fourth-order valence-corrected chi connectivity index (χ4v) is 2.16. The Morgan fingerprint density at radius 3 is 1.88 bits per heavy atom. The van der Waals surface area contributed by atoms with Gasteiger partial charge in [-0.3, -0.25) is 0 Å². The van der Waals surface area contributed by atoms with Crippen LogP contribution in [0.25, 0.3) is 6.08 Å². The first kappa shape index (κ1) is 21.7. The minimum absolute atomic E-state index is 0.0666. The van der Waals surface area contributed by atoms with E-state index in [1.54, 1.807) is 47.6 Å². The summed E-state index contributed by atoms with van der Waals surface area (Å²) < 4.78 is 10.7. The molecule has 0 fully saturated rings. The van der Waals surface area contributed by atoms with Crippen LogP contribution in [0.5, 0.6) is 0 Å². The molecule has 2 amide bonds. The Bertz CT molecular complexity index is 650. The lowest BCUT2D eigenvalue weighted by atomic mass is 10.1. The molecule has 0 saturated carbocycles. The molecule has 0 atom stereocenters. The predicted octanol–water partition coefficient (Wildman–Crippen LogP) is 5.49. The van der Waals surface area contributed by atoms with Crippen LogP contribution < -0.4 is 0 Å². The number of nitrogens with zero attached hydrogens (tertiary/aromatic N) is 1. The number of carbonyl (C=O) groups excluding carboxylic acids is 2. The number of carbonyl (C=O) groups is 2. The van der Waals surface area contributed by atoms with Gasteiger partial charge in [0, 0.05) is 0 Å². The van der Waals surface area contributed by atoms with Gasteiger partial charge in [0.1, 0.15) is 11.2 Å². The van der Waals surface area contributed by atoms with Crippen molar-refractivity contribution >= 4 is 18.3 Å². The lowest BCUT2D eigenvalue weighted by molar-refractivity contribution is 0.00377. The third-order valence-electron chi connectivity index (χ3n) is 3.24. The van der Waals surface area contributed by atoms with E-state index in [2.05, 4.69) is 6.07 Å². The fourth-order valence-electron chi connectivity index (χ4n) is 2.16. The van der Waals surface area contributed by atoms with E-state index in [0.29, 0.717) is 0 Å². The molecule has 1 aromatic rings. The second kappa shape index (κ2) is 8.39. The number of aryl methyl sites for hydroxylation is 2. The van der Waals surface area contributed by atoms with Gasteiger partial charge in [-0.05, 0) is 66.5 Å². The van der Waals surface area contributed by atoms with Gasteiger partial charge >= 0.3 is 12.2 Å². The molecule has 5 nitrogen and oxygen atoms in total. The Balaban J connectivity index is 2.95. The molecule has 0 unspecified atom stereocenters. The Morgan fingerprint density at radius 1 is 0.962 bits per heavy atom. The van der Waals surface area contributed by atoms with Gasteiger partial charge in [0.15, 0.2) is 0 Å². The summed E-state index contributed by atoms with van der Waals surface area (Å²) in [5.41, 5.74) is 1.94. The summed E-state index contributed by atoms with van der Waals surface area (Å²) in [4.78, 5) is 25.8. The molecule has 0 bridgehead atoms. The van der Waals surface area contributed by atoms with Crippen molar-refractivity contribution in [3.05, 3.63) is 41.0 Å². The van der Waals surface area contributed by atoms with Crippen molar-refractivity contribution in [2.24, 2.45) is 0 Å². The molecule has 5 heteroatoms. The quantitative estimate of drug-likeness (QED) is 0.714. The van der Waals surface area contributed by atoms with E-state index in [1.807, 2.05) is 32.1 Å². The Labute approximate surface area is 157 Å². The van der Waals surface area contributed by atoms with E-state index in [-0.39, 0.29) is 6.54 Å². The summed E-state index contributed by atoms with van der Waals surface area (Å²) in [5, 5.41) is 0. The number of benzene rings is 1. The van der Waals surface area contributed by atoms with Crippen LogP contribution in [0.2, 0.25) is 0 Å². The summed E-state index contributed by atoms with van der Waals surface area (Å²) in [7, 11) is 0. The Morgan fingerprint density at radius 2 is 1.46 bits per heavy atom. The van der Waals surface area contributed by atoms with Gasteiger partial charge in [-0.15, -0.1) is 0 Å². The molecule has 26 heavy (non-hydrogen) atoms. The number of hydrogen-bond acceptors (Lipinski definition) is 4. The van der Waals surface area contributed by atoms with Crippen molar-refractivity contribution in [1.82, 2.24) is 4.90 Å². The minimum atomic E-state index is -0.725. The van der Waals surface area contributed by atoms with Crippen LogP contribution in [0.15, 0.2) is 24.3 Å². The van der Waals surface area contributed by atoms with E-state index in [1.165, 1.54) is 5.56 Å². The minimum Gasteiger partial charge on any atom is -0.443 e. The molecular weight excluding hydrogens is 330 g/mol. The second-order valence-electron chi connectivity index (χ2n) is 8.33. The molecule has 0 saturated heterocycles. The lowest BCUT2D eigenvalue weighted by Gasteiger charge is -2.28. The molecule has 0 aliphatic heterocycles. The summed E-state index contributed by atoms with van der Waals surface area (Å²) in [6, 6.07) is 6.11. The third-order valence-corrected chi connectivity index (χ3v) is 3.24. The molecule has 0 heterocycles. The topological polar surface area (TPSA) is 55.8 Å². The highest BCUT2D eigenvalue weighted by atomic mass is 16.6. The number of ether oxygens (including phenoxy) is 2. The number of rotatable bonds is 3. The molecule has 0 spiro atoms. The maximum atomic E-state index is 12.4. The van der Waals surface area contributed by atoms with Crippen molar-refractivity contribution in [2.45, 2.75) is 66.6 Å². The summed E-state index contributed by atoms with van der Waals surface area (Å²) in [6.07, 6.45) is 2.19. The maximum absolute atomic E-state index is 12.4. The van der Waals surface area contributed by atoms with Crippen LogP contribution in [-0.4, -0.2) is 34.8 Å². The Kier molecular flexibility index (Phi) is 7.01. The van der Waals surface area contributed by atoms with Gasteiger partial charge in [0.25, 0.3) is 0 Å². The largest absolute Gasteiger partial charge is 0.443 e. The zero-order chi connectivity index (χ0) is 20.1. The van der Waals surface area contributed by atoms with Crippen molar-refractivity contribution in [3.8, 4) is 0 Å². The van der Waals surface area contributed by atoms with Crippen molar-refractivity contribution in [1.29, 1.82) is 0 Å². The second-order valence-corrected chi connectivity index (χ2v) is 8.33. The van der Waals surface area contributed by atoms with Crippen LogP contribution in [0.1, 0.15) is 58.2 Å². The van der Waals surface area contributed by atoms with Crippen LogP contribution in [0.4, 0.5) is 9.59 Å². The standard InChI is InChI=1S/C21H31NO4/c1-15-11-12-17(16(2)14-15)10-9-13-22(18(23)25-20(3,4)5)19(24)26-21(6,7)8/h9-12,14H,13H2,1-8H3/b10-9+. The lowest BCUT2D eigenvalue weighted by Crippen LogP contribution is -2.43. The molecule has 0 aliphatic carbocycles. The smallest absolute Gasteiger partial charge is 0.420 e. The summed E-state index contributed by atoms with van der Waals surface area (Å²) in [6.45, 7) is 14.6. The highest BCUT2D eigenvalue weighted by Gasteiger charge is 2.30. The van der Waals surface area contributed by atoms with Gasteiger partial charge in [-0.2, -0.15) is 0 Å². The van der Waals surface area contributed by atoms with Crippen LogP contribution in [0.3, 0.4) is 0 Å². The van der Waals surface area contributed by atoms with Crippen molar-refractivity contribution in [2.75, 3.05) is 6.54 Å². The van der Waals surface area contributed by atoms with E-state index < -0.39 is 23.4 Å². The van der Waals surface area contributed by atoms with E-state index in [0.717, 1.165) is 16.0 Å². The van der Waals surface area contributed by atoms with E-state index >= 15 is 0 Å².